The summed E-state index contributed by atoms with van der Waals surface area (Å²) >= 11 is 3.47. The van der Waals surface area contributed by atoms with Crippen molar-refractivity contribution in [2.45, 2.75) is 40.3 Å². The van der Waals surface area contributed by atoms with Crippen LogP contribution in [-0.2, 0) is 6.54 Å². The van der Waals surface area contributed by atoms with E-state index < -0.39 is 0 Å². The number of hydrogen-bond acceptors (Lipinski definition) is 2. The maximum absolute atomic E-state index is 4.63. The topological polar surface area (TPSA) is 53.7 Å². The van der Waals surface area contributed by atoms with Crippen molar-refractivity contribution in [3.8, 4) is 0 Å². The smallest absolute Gasteiger partial charge is 0.191 e. The van der Waals surface area contributed by atoms with Gasteiger partial charge in [0.1, 0.15) is 5.65 Å². The number of aliphatic imine (C=N–C) groups is 1. The van der Waals surface area contributed by atoms with Crippen LogP contribution in [-0.4, -0.2) is 27.9 Å². The number of fused-ring (bicyclic) bond motifs is 1. The zero-order valence-electron chi connectivity index (χ0n) is 14.0. The molecule has 0 saturated carbocycles. The van der Waals surface area contributed by atoms with E-state index in [4.69, 9.17) is 0 Å². The molecule has 0 amide bonds. The Morgan fingerprint density at radius 2 is 2.04 bits per heavy atom. The van der Waals surface area contributed by atoms with E-state index in [1.165, 1.54) is 0 Å². The minimum absolute atomic E-state index is 0. The Kier molecular flexibility index (Phi) is 8.32. The van der Waals surface area contributed by atoms with Gasteiger partial charge in [-0.3, -0.25) is 0 Å². The van der Waals surface area contributed by atoms with Gasteiger partial charge in [-0.25, -0.2) is 9.98 Å². The zero-order valence-corrected chi connectivity index (χ0v) is 17.9. The van der Waals surface area contributed by atoms with Gasteiger partial charge in [0.15, 0.2) is 5.96 Å². The van der Waals surface area contributed by atoms with Gasteiger partial charge in [-0.15, -0.1) is 24.0 Å². The van der Waals surface area contributed by atoms with Gasteiger partial charge in [-0.2, -0.15) is 0 Å². The highest BCUT2D eigenvalue weighted by Gasteiger charge is 2.09. The molecule has 0 aliphatic rings. The first-order chi connectivity index (χ1) is 10.5. The molecule has 0 aliphatic carbocycles. The van der Waals surface area contributed by atoms with Gasteiger partial charge in [0, 0.05) is 29.5 Å². The molecule has 0 bridgehead atoms. The van der Waals surface area contributed by atoms with Crippen LogP contribution in [0.4, 0.5) is 0 Å². The van der Waals surface area contributed by atoms with Crippen molar-refractivity contribution in [1.29, 1.82) is 0 Å². The van der Waals surface area contributed by atoms with Crippen molar-refractivity contribution < 1.29 is 0 Å². The highest BCUT2D eigenvalue weighted by atomic mass is 127. The second kappa shape index (κ2) is 9.46. The Labute approximate surface area is 163 Å². The Morgan fingerprint density at radius 3 is 2.70 bits per heavy atom. The third-order valence-corrected chi connectivity index (χ3v) is 4.04. The number of imidazole rings is 1. The number of hydrogen-bond donors (Lipinski definition) is 2. The van der Waals surface area contributed by atoms with Gasteiger partial charge >= 0.3 is 0 Å². The zero-order chi connectivity index (χ0) is 16.1. The number of nitrogens with zero attached hydrogens (tertiary/aromatic N) is 3. The fraction of sp³-hybridized carbons (Fsp3) is 0.500. The number of halogens is 2. The Morgan fingerprint density at radius 1 is 1.30 bits per heavy atom. The van der Waals surface area contributed by atoms with E-state index in [1.54, 1.807) is 0 Å². The SMILES string of the molecule is CCNC(=NCc1cn2cc(Br)ccc2n1)NC(C)C(C)C.I. The Hall–Kier alpha value is -0.830. The summed E-state index contributed by atoms with van der Waals surface area (Å²) < 4.78 is 3.04. The first-order valence-electron chi connectivity index (χ1n) is 7.67. The molecule has 2 aromatic heterocycles. The fourth-order valence-corrected chi connectivity index (χ4v) is 2.31. The molecule has 0 radical (unpaired) electrons. The van der Waals surface area contributed by atoms with Crippen LogP contribution in [0.1, 0.15) is 33.4 Å². The average Bonchev–Trinajstić information content (AvgIpc) is 2.86. The molecule has 2 N–H and O–H groups in total. The van der Waals surface area contributed by atoms with E-state index in [-0.39, 0.29) is 24.0 Å². The van der Waals surface area contributed by atoms with Gasteiger partial charge in [0.25, 0.3) is 0 Å². The second-order valence-corrected chi connectivity index (χ2v) is 6.63. The average molecular weight is 494 g/mol. The predicted molar refractivity (Wildman–Crippen MR) is 111 cm³/mol. The number of rotatable bonds is 5. The number of pyridine rings is 1. The molecular weight excluding hydrogens is 469 g/mol. The fourth-order valence-electron chi connectivity index (χ4n) is 1.96. The van der Waals surface area contributed by atoms with Crippen molar-refractivity contribution in [2.75, 3.05) is 6.54 Å². The van der Waals surface area contributed by atoms with Crippen LogP contribution in [0.15, 0.2) is 34.0 Å². The number of aromatic nitrogens is 2. The molecule has 2 heterocycles. The van der Waals surface area contributed by atoms with Gasteiger partial charge in [0.2, 0.25) is 0 Å². The molecule has 0 saturated heterocycles. The van der Waals surface area contributed by atoms with E-state index in [0.29, 0.717) is 18.5 Å². The summed E-state index contributed by atoms with van der Waals surface area (Å²) in [7, 11) is 0. The summed E-state index contributed by atoms with van der Waals surface area (Å²) in [5.74, 6) is 1.39. The van der Waals surface area contributed by atoms with Crippen molar-refractivity contribution in [2.24, 2.45) is 10.9 Å². The van der Waals surface area contributed by atoms with Crippen molar-refractivity contribution in [3.63, 3.8) is 0 Å². The third-order valence-electron chi connectivity index (χ3n) is 3.57. The minimum atomic E-state index is 0. The van der Waals surface area contributed by atoms with Crippen LogP contribution in [0, 0.1) is 5.92 Å². The maximum Gasteiger partial charge on any atom is 0.191 e. The molecule has 23 heavy (non-hydrogen) atoms. The Balaban J connectivity index is 0.00000264. The van der Waals surface area contributed by atoms with Crippen LogP contribution in [0.2, 0.25) is 0 Å². The van der Waals surface area contributed by atoms with Crippen LogP contribution in [0.3, 0.4) is 0 Å². The lowest BCUT2D eigenvalue weighted by Crippen LogP contribution is -2.44. The minimum Gasteiger partial charge on any atom is -0.357 e. The lowest BCUT2D eigenvalue weighted by Gasteiger charge is -2.20. The summed E-state index contributed by atoms with van der Waals surface area (Å²) in [4.78, 5) is 9.21. The maximum atomic E-state index is 4.63. The van der Waals surface area contributed by atoms with Crippen LogP contribution in [0.25, 0.3) is 5.65 Å². The summed E-state index contributed by atoms with van der Waals surface area (Å²) in [5.41, 5.74) is 1.88. The van der Waals surface area contributed by atoms with Crippen molar-refractivity contribution >= 4 is 51.5 Å². The van der Waals surface area contributed by atoms with Gasteiger partial charge in [-0.1, -0.05) is 13.8 Å². The quantitative estimate of drug-likeness (QED) is 0.378. The van der Waals surface area contributed by atoms with Crippen LogP contribution >= 0.6 is 39.9 Å². The van der Waals surface area contributed by atoms with E-state index in [9.17, 15) is 0 Å². The number of nitrogens with one attached hydrogen (secondary N) is 2. The molecule has 0 spiro atoms. The van der Waals surface area contributed by atoms with E-state index in [2.05, 4.69) is 64.2 Å². The second-order valence-electron chi connectivity index (χ2n) is 5.72. The largest absolute Gasteiger partial charge is 0.357 e. The Bertz CT molecular complexity index is 653. The molecule has 0 aromatic carbocycles. The van der Waals surface area contributed by atoms with Crippen molar-refractivity contribution in [1.82, 2.24) is 20.0 Å². The molecule has 0 fully saturated rings. The third kappa shape index (κ3) is 5.95. The number of guanidine groups is 1. The highest BCUT2D eigenvalue weighted by molar-refractivity contribution is 14.0. The molecule has 1 atom stereocenters. The standard InChI is InChI=1S/C16H24BrN5.HI/c1-5-18-16(20-12(4)11(2)3)19-8-14-10-22-9-13(17)6-7-15(22)21-14;/h6-7,9-12H,5,8H2,1-4H3,(H2,18,19,20);1H. The normalized spacial score (nSPS) is 13.0. The monoisotopic (exact) mass is 493 g/mol. The molecule has 0 aliphatic heterocycles. The predicted octanol–water partition coefficient (Wildman–Crippen LogP) is 3.81. The van der Waals surface area contributed by atoms with Gasteiger partial charge < -0.3 is 15.0 Å². The van der Waals surface area contributed by atoms with Crippen LogP contribution in [0.5, 0.6) is 0 Å². The molecule has 128 valence electrons. The van der Waals surface area contributed by atoms with Crippen molar-refractivity contribution in [3.05, 3.63) is 34.7 Å². The molecule has 2 rings (SSSR count). The van der Waals surface area contributed by atoms with E-state index >= 15 is 0 Å². The highest BCUT2D eigenvalue weighted by Crippen LogP contribution is 2.12. The van der Waals surface area contributed by atoms with Gasteiger partial charge in [0.05, 0.1) is 12.2 Å². The van der Waals surface area contributed by atoms with E-state index in [1.807, 2.05) is 28.9 Å². The molecule has 1 unspecified atom stereocenters. The summed E-state index contributed by atoms with van der Waals surface area (Å²) in [5, 5.41) is 6.71. The molecular formula is C16H25BrIN5. The first-order valence-corrected chi connectivity index (χ1v) is 8.47. The lowest BCUT2D eigenvalue weighted by atomic mass is 10.1. The lowest BCUT2D eigenvalue weighted by molar-refractivity contribution is 0.481. The molecule has 5 nitrogen and oxygen atoms in total. The first kappa shape index (κ1) is 20.2. The van der Waals surface area contributed by atoms with Gasteiger partial charge in [-0.05, 0) is 47.8 Å². The summed E-state index contributed by atoms with van der Waals surface area (Å²) in [6.45, 7) is 10.0. The summed E-state index contributed by atoms with van der Waals surface area (Å²) in [6, 6.07) is 4.35. The molecule has 2 aromatic rings. The summed E-state index contributed by atoms with van der Waals surface area (Å²) in [6.07, 6.45) is 4.01. The van der Waals surface area contributed by atoms with E-state index in [0.717, 1.165) is 28.3 Å². The van der Waals surface area contributed by atoms with Crippen LogP contribution < -0.4 is 10.6 Å². The molecule has 7 heteroatoms.